The van der Waals surface area contributed by atoms with Crippen molar-refractivity contribution >= 4 is 23.4 Å². The second-order valence-corrected chi connectivity index (χ2v) is 4.94. The van der Waals surface area contributed by atoms with Crippen LogP contribution in [0.3, 0.4) is 0 Å². The van der Waals surface area contributed by atoms with E-state index in [2.05, 4.69) is 5.32 Å². The lowest BCUT2D eigenvalue weighted by atomic mass is 10.2. The van der Waals surface area contributed by atoms with E-state index in [0.29, 0.717) is 5.69 Å². The number of carbonyl (C=O) groups is 2. The van der Waals surface area contributed by atoms with Crippen molar-refractivity contribution in [3.05, 3.63) is 23.8 Å². The molecule has 0 unspecified atom stereocenters. The normalized spacial score (nSPS) is 15.5. The van der Waals surface area contributed by atoms with Gasteiger partial charge in [0.1, 0.15) is 0 Å². The van der Waals surface area contributed by atoms with Crippen molar-refractivity contribution in [1.82, 2.24) is 4.90 Å². The molecular weight excluding hydrogens is 258 g/mol. The topological polar surface area (TPSA) is 95.7 Å². The number of rotatable bonds is 2. The molecule has 0 atom stereocenters. The lowest BCUT2D eigenvalue weighted by molar-refractivity contribution is 0.0697. The summed E-state index contributed by atoms with van der Waals surface area (Å²) in [5, 5.41) is 11.6. The number of nitrogens with one attached hydrogen (secondary N) is 1. The van der Waals surface area contributed by atoms with Gasteiger partial charge in [0.05, 0.1) is 16.9 Å². The number of carboxylic acids is 1. The summed E-state index contributed by atoms with van der Waals surface area (Å²) in [5.74, 6) is -1.04. The zero-order valence-corrected chi connectivity index (χ0v) is 11.3. The van der Waals surface area contributed by atoms with Crippen LogP contribution < -0.4 is 11.1 Å². The van der Waals surface area contributed by atoms with Gasteiger partial charge >= 0.3 is 12.0 Å². The van der Waals surface area contributed by atoms with Gasteiger partial charge in [-0.05, 0) is 31.0 Å². The Morgan fingerprint density at radius 2 is 1.80 bits per heavy atom. The molecule has 2 amide bonds. The zero-order valence-electron chi connectivity index (χ0n) is 11.3. The van der Waals surface area contributed by atoms with E-state index in [1.54, 1.807) is 4.90 Å². The van der Waals surface area contributed by atoms with Gasteiger partial charge in [-0.15, -0.1) is 0 Å². The summed E-state index contributed by atoms with van der Waals surface area (Å²) in [7, 11) is 0. The van der Waals surface area contributed by atoms with E-state index < -0.39 is 5.97 Å². The summed E-state index contributed by atoms with van der Waals surface area (Å²) in [6.07, 6.45) is 4.33. The van der Waals surface area contributed by atoms with Crippen molar-refractivity contribution in [3.63, 3.8) is 0 Å². The van der Waals surface area contributed by atoms with E-state index in [0.717, 1.165) is 38.8 Å². The van der Waals surface area contributed by atoms with Crippen LogP contribution in [0, 0.1) is 0 Å². The summed E-state index contributed by atoms with van der Waals surface area (Å²) in [4.78, 5) is 24.7. The zero-order chi connectivity index (χ0) is 14.5. The number of amides is 2. The van der Waals surface area contributed by atoms with E-state index in [9.17, 15) is 9.59 Å². The molecule has 0 radical (unpaired) electrons. The maximum atomic E-state index is 12.1. The quantitative estimate of drug-likeness (QED) is 0.723. The van der Waals surface area contributed by atoms with Crippen LogP contribution in [0.4, 0.5) is 16.2 Å². The van der Waals surface area contributed by atoms with Crippen molar-refractivity contribution in [2.45, 2.75) is 25.7 Å². The van der Waals surface area contributed by atoms with Crippen molar-refractivity contribution in [2.75, 3.05) is 24.1 Å². The monoisotopic (exact) mass is 277 g/mol. The number of aromatic carboxylic acids is 1. The highest BCUT2D eigenvalue weighted by Gasteiger charge is 2.16. The van der Waals surface area contributed by atoms with E-state index in [1.165, 1.54) is 18.2 Å². The highest BCUT2D eigenvalue weighted by Crippen LogP contribution is 2.21. The fourth-order valence-corrected chi connectivity index (χ4v) is 2.28. The molecule has 20 heavy (non-hydrogen) atoms. The van der Waals surface area contributed by atoms with Gasteiger partial charge in [-0.1, -0.05) is 12.8 Å². The molecule has 1 aromatic rings. The molecule has 4 N–H and O–H groups in total. The minimum atomic E-state index is -1.04. The number of carbonyl (C=O) groups excluding carboxylic acids is 1. The van der Waals surface area contributed by atoms with Crippen molar-refractivity contribution < 1.29 is 14.7 Å². The summed E-state index contributed by atoms with van der Waals surface area (Å²) in [5.41, 5.74) is 6.58. The Hall–Kier alpha value is -2.24. The Morgan fingerprint density at radius 1 is 1.15 bits per heavy atom. The Balaban J connectivity index is 2.05. The van der Waals surface area contributed by atoms with Gasteiger partial charge < -0.3 is 21.1 Å². The van der Waals surface area contributed by atoms with Crippen LogP contribution in [0.2, 0.25) is 0 Å². The van der Waals surface area contributed by atoms with Crippen LogP contribution in [-0.4, -0.2) is 35.1 Å². The molecule has 1 heterocycles. The first-order valence-corrected chi connectivity index (χ1v) is 6.76. The molecule has 0 bridgehead atoms. The molecule has 1 saturated heterocycles. The van der Waals surface area contributed by atoms with E-state index in [-0.39, 0.29) is 17.3 Å². The minimum absolute atomic E-state index is 0.107. The van der Waals surface area contributed by atoms with E-state index in [1.807, 2.05) is 0 Å². The van der Waals surface area contributed by atoms with Crippen LogP contribution in [-0.2, 0) is 0 Å². The van der Waals surface area contributed by atoms with E-state index >= 15 is 0 Å². The maximum absolute atomic E-state index is 12.1. The Labute approximate surface area is 117 Å². The summed E-state index contributed by atoms with van der Waals surface area (Å²) >= 11 is 0. The molecule has 6 heteroatoms. The van der Waals surface area contributed by atoms with Crippen LogP contribution >= 0.6 is 0 Å². The minimum Gasteiger partial charge on any atom is -0.478 e. The molecule has 0 aliphatic carbocycles. The largest absolute Gasteiger partial charge is 0.478 e. The average molecular weight is 277 g/mol. The number of nitrogens with zero attached hydrogens (tertiary/aromatic N) is 1. The smallest absolute Gasteiger partial charge is 0.335 e. The molecule has 0 spiro atoms. The number of anilines is 2. The number of likely N-dealkylation sites (tertiary alicyclic amines) is 1. The third-order valence-electron chi connectivity index (χ3n) is 3.43. The Morgan fingerprint density at radius 3 is 2.35 bits per heavy atom. The van der Waals surface area contributed by atoms with Gasteiger partial charge in [0.25, 0.3) is 0 Å². The predicted molar refractivity (Wildman–Crippen MR) is 76.9 cm³/mol. The van der Waals surface area contributed by atoms with E-state index in [4.69, 9.17) is 10.8 Å². The van der Waals surface area contributed by atoms with Crippen LogP contribution in [0.5, 0.6) is 0 Å². The summed E-state index contributed by atoms with van der Waals surface area (Å²) in [6.45, 7) is 1.50. The first kappa shape index (κ1) is 14.2. The molecule has 6 nitrogen and oxygen atoms in total. The van der Waals surface area contributed by atoms with Crippen molar-refractivity contribution in [1.29, 1.82) is 0 Å². The maximum Gasteiger partial charge on any atom is 0.335 e. The number of benzene rings is 1. The van der Waals surface area contributed by atoms with Gasteiger partial charge in [0, 0.05) is 13.1 Å². The molecule has 108 valence electrons. The predicted octanol–water partition coefficient (Wildman–Crippen LogP) is 2.37. The number of carboxylic acid groups (broad SMARTS) is 1. The van der Waals surface area contributed by atoms with Gasteiger partial charge in [0.15, 0.2) is 0 Å². The van der Waals surface area contributed by atoms with Gasteiger partial charge in [-0.3, -0.25) is 0 Å². The van der Waals surface area contributed by atoms with Crippen LogP contribution in [0.15, 0.2) is 18.2 Å². The molecule has 2 rings (SSSR count). The Kier molecular flexibility index (Phi) is 4.45. The Bertz CT molecular complexity index is 508. The fraction of sp³-hybridized carbons (Fsp3) is 0.429. The molecule has 0 saturated carbocycles. The number of nitrogens with two attached hydrogens (primary N) is 1. The average Bonchev–Trinajstić information content (AvgIpc) is 2.69. The summed E-state index contributed by atoms with van der Waals surface area (Å²) < 4.78 is 0. The lowest BCUT2D eigenvalue weighted by Crippen LogP contribution is -2.35. The van der Waals surface area contributed by atoms with Gasteiger partial charge in [-0.2, -0.15) is 0 Å². The molecule has 1 aromatic carbocycles. The second kappa shape index (κ2) is 6.27. The van der Waals surface area contributed by atoms with Crippen molar-refractivity contribution in [2.24, 2.45) is 0 Å². The number of nitrogen functional groups attached to an aromatic ring is 1. The first-order valence-electron chi connectivity index (χ1n) is 6.76. The fourth-order valence-electron chi connectivity index (χ4n) is 2.28. The number of hydrogen-bond acceptors (Lipinski definition) is 3. The van der Waals surface area contributed by atoms with Crippen molar-refractivity contribution in [3.8, 4) is 0 Å². The number of hydrogen-bond donors (Lipinski definition) is 3. The third kappa shape index (κ3) is 3.40. The second-order valence-electron chi connectivity index (χ2n) is 4.94. The van der Waals surface area contributed by atoms with Gasteiger partial charge in [-0.25, -0.2) is 9.59 Å². The van der Waals surface area contributed by atoms with Crippen LogP contribution in [0.25, 0.3) is 0 Å². The van der Waals surface area contributed by atoms with Gasteiger partial charge in [0.2, 0.25) is 0 Å². The molecule has 1 aliphatic rings. The molecule has 1 fully saturated rings. The highest BCUT2D eigenvalue weighted by atomic mass is 16.4. The lowest BCUT2D eigenvalue weighted by Gasteiger charge is -2.21. The SMILES string of the molecule is Nc1cc(C(=O)O)ccc1NC(=O)N1CCCCCC1. The number of urea groups is 1. The highest BCUT2D eigenvalue weighted by molar-refractivity contribution is 5.95. The standard InChI is InChI=1S/C14H19N3O3/c15-11-9-10(13(18)19)5-6-12(11)16-14(20)17-7-3-1-2-4-8-17/h5-6,9H,1-4,7-8,15H2,(H,16,20)(H,18,19). The van der Waals surface area contributed by atoms with Crippen LogP contribution in [0.1, 0.15) is 36.0 Å². The molecule has 0 aromatic heterocycles. The molecule has 1 aliphatic heterocycles. The third-order valence-corrected chi connectivity index (χ3v) is 3.43. The first-order chi connectivity index (χ1) is 9.58. The molecular formula is C14H19N3O3. The summed E-state index contributed by atoms with van der Waals surface area (Å²) in [6, 6.07) is 4.12.